The minimum atomic E-state index is -1.02. The molecule has 0 N–H and O–H groups in total. The lowest BCUT2D eigenvalue weighted by Gasteiger charge is -2.40. The van der Waals surface area contributed by atoms with Gasteiger partial charge in [0.2, 0.25) is 0 Å². The van der Waals surface area contributed by atoms with Crippen molar-refractivity contribution in [3.63, 3.8) is 0 Å². The summed E-state index contributed by atoms with van der Waals surface area (Å²) in [5.74, 6) is -2.19. The third kappa shape index (κ3) is 2.46. The van der Waals surface area contributed by atoms with Crippen LogP contribution in [0.2, 0.25) is 0 Å². The molecule has 0 saturated heterocycles. The van der Waals surface area contributed by atoms with Gasteiger partial charge in [-0.3, -0.25) is 9.59 Å². The fourth-order valence-corrected chi connectivity index (χ4v) is 3.28. The van der Waals surface area contributed by atoms with Gasteiger partial charge in [0.1, 0.15) is 0 Å². The van der Waals surface area contributed by atoms with E-state index in [9.17, 15) is 9.59 Å². The van der Waals surface area contributed by atoms with E-state index in [4.69, 9.17) is 9.47 Å². The zero-order valence-corrected chi connectivity index (χ0v) is 12.4. The number of methoxy groups -OCH3 is 2. The summed E-state index contributed by atoms with van der Waals surface area (Å²) in [7, 11) is 2.56. The van der Waals surface area contributed by atoms with Crippen molar-refractivity contribution in [3.8, 4) is 0 Å². The first kappa shape index (κ1) is 15.3. The van der Waals surface area contributed by atoms with Crippen LogP contribution in [-0.4, -0.2) is 26.2 Å². The van der Waals surface area contributed by atoms with Gasteiger partial charge in [0, 0.05) is 5.41 Å². The molecule has 2 rings (SSSR count). The summed E-state index contributed by atoms with van der Waals surface area (Å²) < 4.78 is 9.69. The molecule has 112 valence electrons. The number of hydrogen-bond donors (Lipinski definition) is 0. The van der Waals surface area contributed by atoms with Gasteiger partial charge < -0.3 is 9.47 Å². The first-order valence-electron chi connectivity index (χ1n) is 6.98. The number of allylic oxidation sites excluding steroid dienone is 1. The Balaban J connectivity index is 2.62. The molecule has 0 heterocycles. The van der Waals surface area contributed by atoms with Crippen molar-refractivity contribution in [2.45, 2.75) is 24.7 Å². The minimum absolute atomic E-state index is 0.585. The molecule has 1 aliphatic rings. The van der Waals surface area contributed by atoms with Crippen molar-refractivity contribution in [1.82, 2.24) is 0 Å². The summed E-state index contributed by atoms with van der Waals surface area (Å²) in [6.45, 7) is 3.89. The average molecular weight is 288 g/mol. The van der Waals surface area contributed by atoms with Gasteiger partial charge >= 0.3 is 11.9 Å². The van der Waals surface area contributed by atoms with E-state index in [1.807, 2.05) is 24.3 Å². The topological polar surface area (TPSA) is 52.6 Å². The fourth-order valence-electron chi connectivity index (χ4n) is 3.28. The normalized spacial score (nSPS) is 20.5. The lowest BCUT2D eigenvalue weighted by molar-refractivity contribution is -0.162. The molecule has 0 amide bonds. The fraction of sp³-hybridized carbons (Fsp3) is 0.412. The van der Waals surface area contributed by atoms with E-state index < -0.39 is 23.3 Å². The maximum atomic E-state index is 12.2. The third-order valence-electron chi connectivity index (χ3n) is 4.31. The van der Waals surface area contributed by atoms with Crippen LogP contribution in [0.15, 0.2) is 36.9 Å². The number of hydrogen-bond acceptors (Lipinski definition) is 4. The van der Waals surface area contributed by atoms with Crippen molar-refractivity contribution in [2.24, 2.45) is 5.92 Å². The van der Waals surface area contributed by atoms with Gasteiger partial charge in [-0.25, -0.2) is 0 Å². The highest BCUT2D eigenvalue weighted by Crippen LogP contribution is 2.44. The Bertz CT molecular complexity index is 548. The van der Waals surface area contributed by atoms with Crippen LogP contribution in [0.5, 0.6) is 0 Å². The van der Waals surface area contributed by atoms with Crippen LogP contribution in [0.25, 0.3) is 0 Å². The number of ether oxygens (including phenoxy) is 2. The molecule has 21 heavy (non-hydrogen) atoms. The monoisotopic (exact) mass is 288 g/mol. The summed E-state index contributed by atoms with van der Waals surface area (Å²) >= 11 is 0. The van der Waals surface area contributed by atoms with Gasteiger partial charge in [-0.05, 0) is 30.4 Å². The Morgan fingerprint density at radius 3 is 2.43 bits per heavy atom. The van der Waals surface area contributed by atoms with Crippen LogP contribution in [0.3, 0.4) is 0 Å². The Morgan fingerprint density at radius 2 is 1.86 bits per heavy atom. The Kier molecular flexibility index (Phi) is 4.46. The number of benzene rings is 1. The van der Waals surface area contributed by atoms with Crippen molar-refractivity contribution < 1.29 is 19.1 Å². The van der Waals surface area contributed by atoms with E-state index in [1.54, 1.807) is 6.08 Å². The molecule has 0 saturated carbocycles. The first-order chi connectivity index (χ1) is 10.1. The lowest BCUT2D eigenvalue weighted by atomic mass is 9.63. The Morgan fingerprint density at radius 1 is 1.24 bits per heavy atom. The van der Waals surface area contributed by atoms with Crippen LogP contribution in [-0.2, 0) is 30.9 Å². The summed E-state index contributed by atoms with van der Waals surface area (Å²) in [6, 6.07) is 7.85. The molecule has 0 aromatic heterocycles. The van der Waals surface area contributed by atoms with E-state index in [0.29, 0.717) is 6.42 Å². The smallest absolute Gasteiger partial charge is 0.321 e. The largest absolute Gasteiger partial charge is 0.468 e. The quantitative estimate of drug-likeness (QED) is 0.485. The molecule has 1 aromatic carbocycles. The third-order valence-corrected chi connectivity index (χ3v) is 4.31. The SMILES string of the molecule is C=CC1(C(C(=O)OC)C(=O)OC)CCCc2ccccc21. The summed E-state index contributed by atoms with van der Waals surface area (Å²) in [5, 5.41) is 0. The molecule has 0 bridgehead atoms. The summed E-state index contributed by atoms with van der Waals surface area (Å²) in [5.41, 5.74) is 1.34. The number of aryl methyl sites for hydroxylation is 1. The van der Waals surface area contributed by atoms with Crippen LogP contribution < -0.4 is 0 Å². The van der Waals surface area contributed by atoms with Crippen molar-refractivity contribution >= 4 is 11.9 Å². The molecule has 0 aliphatic heterocycles. The predicted octanol–water partition coefficient (Wildman–Crippen LogP) is 2.41. The van der Waals surface area contributed by atoms with Crippen molar-refractivity contribution in [2.75, 3.05) is 14.2 Å². The number of fused-ring (bicyclic) bond motifs is 1. The van der Waals surface area contributed by atoms with Gasteiger partial charge in [-0.2, -0.15) is 0 Å². The van der Waals surface area contributed by atoms with Crippen molar-refractivity contribution in [1.29, 1.82) is 0 Å². The highest BCUT2D eigenvalue weighted by atomic mass is 16.5. The zero-order valence-electron chi connectivity index (χ0n) is 12.4. The van der Waals surface area contributed by atoms with Gasteiger partial charge in [0.25, 0.3) is 0 Å². The first-order valence-corrected chi connectivity index (χ1v) is 6.98. The van der Waals surface area contributed by atoms with Crippen LogP contribution in [0.1, 0.15) is 24.0 Å². The standard InChI is InChI=1S/C17H20O4/c1-4-17(14(15(18)20-2)16(19)21-3)11-7-9-12-8-5-6-10-13(12)17/h4-6,8,10,14H,1,7,9,11H2,2-3H3. The maximum absolute atomic E-state index is 12.2. The van der Waals surface area contributed by atoms with E-state index in [2.05, 4.69) is 6.58 Å². The lowest BCUT2D eigenvalue weighted by Crippen LogP contribution is -2.46. The zero-order chi connectivity index (χ0) is 15.5. The molecule has 1 atom stereocenters. The highest BCUT2D eigenvalue weighted by molar-refractivity contribution is 5.97. The second-order valence-corrected chi connectivity index (χ2v) is 5.23. The summed E-state index contributed by atoms with van der Waals surface area (Å²) in [6.07, 6.45) is 4.18. The number of rotatable bonds is 4. The number of esters is 2. The Hall–Kier alpha value is -2.10. The molecule has 4 nitrogen and oxygen atoms in total. The van der Waals surface area contributed by atoms with Gasteiger partial charge in [0.05, 0.1) is 14.2 Å². The average Bonchev–Trinajstić information content (AvgIpc) is 2.54. The molecule has 0 fully saturated rings. The van der Waals surface area contributed by atoms with Gasteiger partial charge in [-0.1, -0.05) is 30.3 Å². The van der Waals surface area contributed by atoms with E-state index in [-0.39, 0.29) is 0 Å². The van der Waals surface area contributed by atoms with Gasteiger partial charge in [-0.15, -0.1) is 6.58 Å². The van der Waals surface area contributed by atoms with E-state index in [0.717, 1.165) is 24.0 Å². The molecule has 4 heteroatoms. The molecule has 1 aliphatic carbocycles. The minimum Gasteiger partial charge on any atom is -0.468 e. The number of carbonyl (C=O) groups excluding carboxylic acids is 2. The van der Waals surface area contributed by atoms with Crippen molar-refractivity contribution in [3.05, 3.63) is 48.0 Å². The maximum Gasteiger partial charge on any atom is 0.321 e. The molecule has 1 unspecified atom stereocenters. The highest BCUT2D eigenvalue weighted by Gasteiger charge is 2.50. The van der Waals surface area contributed by atoms with Crippen LogP contribution in [0, 0.1) is 5.92 Å². The van der Waals surface area contributed by atoms with Crippen LogP contribution >= 0.6 is 0 Å². The Labute approximate surface area is 124 Å². The molecular weight excluding hydrogens is 268 g/mol. The van der Waals surface area contributed by atoms with Gasteiger partial charge in [0.15, 0.2) is 5.92 Å². The second kappa shape index (κ2) is 6.12. The summed E-state index contributed by atoms with van der Waals surface area (Å²) in [4.78, 5) is 24.4. The molecule has 1 aromatic rings. The molecule has 0 radical (unpaired) electrons. The predicted molar refractivity (Wildman–Crippen MR) is 78.8 cm³/mol. The number of carbonyl (C=O) groups is 2. The van der Waals surface area contributed by atoms with E-state index >= 15 is 0 Å². The second-order valence-electron chi connectivity index (χ2n) is 5.23. The van der Waals surface area contributed by atoms with E-state index in [1.165, 1.54) is 14.2 Å². The molecule has 0 spiro atoms. The molecular formula is C17H20O4. The van der Waals surface area contributed by atoms with Crippen LogP contribution in [0.4, 0.5) is 0 Å².